The summed E-state index contributed by atoms with van der Waals surface area (Å²) in [7, 11) is 0. The lowest BCUT2D eigenvalue weighted by molar-refractivity contribution is 0.588. The third-order valence-corrected chi connectivity index (χ3v) is 4.86. The Kier molecular flexibility index (Phi) is 8.47. The standard InChI is InChI=1S/C28H21F2NS/c1-2-3-4-5-6-7-21-8-10-22(11-9-21)12-13-23-14-16-24(17-15-23)25-18-26(29)28(31-20-32)27(30)19-25/h8-11,14-19H,2-5H2,1H3. The number of thiocarbonyl (C=S) groups is 1. The molecule has 0 unspecified atom stereocenters. The number of hydrogen-bond donors (Lipinski definition) is 0. The van der Waals surface area contributed by atoms with Gasteiger partial charge in [0.2, 0.25) is 0 Å². The summed E-state index contributed by atoms with van der Waals surface area (Å²) in [6, 6.07) is 17.5. The third-order valence-electron chi connectivity index (χ3n) is 4.77. The number of isothiocyanates is 1. The number of benzene rings is 3. The summed E-state index contributed by atoms with van der Waals surface area (Å²) in [4.78, 5) is 3.43. The molecule has 0 aliphatic carbocycles. The highest BCUT2D eigenvalue weighted by Gasteiger charge is 2.11. The molecule has 0 N–H and O–H groups in total. The van der Waals surface area contributed by atoms with Gasteiger partial charge in [-0.25, -0.2) is 8.78 Å². The molecular weight excluding hydrogens is 420 g/mol. The summed E-state index contributed by atoms with van der Waals surface area (Å²) in [6.07, 6.45) is 4.49. The molecule has 0 aliphatic rings. The van der Waals surface area contributed by atoms with Crippen molar-refractivity contribution in [3.05, 3.63) is 89.0 Å². The molecule has 0 radical (unpaired) electrons. The van der Waals surface area contributed by atoms with Gasteiger partial charge in [-0.3, -0.25) is 0 Å². The van der Waals surface area contributed by atoms with Gasteiger partial charge in [-0.05, 0) is 78.3 Å². The molecule has 3 aromatic rings. The van der Waals surface area contributed by atoms with Gasteiger partial charge in [0.05, 0.1) is 5.16 Å². The summed E-state index contributed by atoms with van der Waals surface area (Å²) >= 11 is 4.42. The molecule has 0 aliphatic heterocycles. The fourth-order valence-electron chi connectivity index (χ4n) is 3.04. The second kappa shape index (κ2) is 11.7. The lowest BCUT2D eigenvalue weighted by Crippen LogP contribution is -1.87. The van der Waals surface area contributed by atoms with Crippen LogP contribution in [0.25, 0.3) is 11.1 Å². The first-order valence-electron chi connectivity index (χ1n) is 10.4. The molecule has 32 heavy (non-hydrogen) atoms. The molecule has 0 amide bonds. The molecule has 0 aromatic heterocycles. The van der Waals surface area contributed by atoms with Crippen LogP contribution in [0.5, 0.6) is 0 Å². The average molecular weight is 442 g/mol. The van der Waals surface area contributed by atoms with E-state index in [1.54, 1.807) is 12.1 Å². The van der Waals surface area contributed by atoms with Gasteiger partial charge in [0, 0.05) is 23.1 Å². The summed E-state index contributed by atoms with van der Waals surface area (Å²) in [5.74, 6) is 11.0. The molecule has 0 bridgehead atoms. The van der Waals surface area contributed by atoms with Crippen LogP contribution < -0.4 is 0 Å². The highest BCUT2D eigenvalue weighted by molar-refractivity contribution is 7.78. The van der Waals surface area contributed by atoms with Crippen molar-refractivity contribution in [2.45, 2.75) is 32.6 Å². The zero-order valence-electron chi connectivity index (χ0n) is 17.7. The van der Waals surface area contributed by atoms with E-state index < -0.39 is 17.3 Å². The fourth-order valence-corrected chi connectivity index (χ4v) is 3.13. The van der Waals surface area contributed by atoms with E-state index in [1.807, 2.05) is 41.6 Å². The zero-order chi connectivity index (χ0) is 22.8. The van der Waals surface area contributed by atoms with Gasteiger partial charge < -0.3 is 0 Å². The Morgan fingerprint density at radius 1 is 0.750 bits per heavy atom. The van der Waals surface area contributed by atoms with Crippen LogP contribution in [-0.4, -0.2) is 5.16 Å². The van der Waals surface area contributed by atoms with Crippen molar-refractivity contribution >= 4 is 23.1 Å². The van der Waals surface area contributed by atoms with E-state index in [2.05, 4.69) is 47.8 Å². The molecule has 0 heterocycles. The van der Waals surface area contributed by atoms with E-state index in [0.717, 1.165) is 29.5 Å². The first-order valence-corrected chi connectivity index (χ1v) is 10.8. The Balaban J connectivity index is 1.69. The van der Waals surface area contributed by atoms with Crippen LogP contribution in [0.3, 0.4) is 0 Å². The molecule has 0 atom stereocenters. The lowest BCUT2D eigenvalue weighted by atomic mass is 10.0. The van der Waals surface area contributed by atoms with Gasteiger partial charge in [-0.1, -0.05) is 55.6 Å². The van der Waals surface area contributed by atoms with Crippen LogP contribution in [0.2, 0.25) is 0 Å². The van der Waals surface area contributed by atoms with Crippen LogP contribution in [0, 0.1) is 35.3 Å². The Morgan fingerprint density at radius 2 is 1.28 bits per heavy atom. The predicted molar refractivity (Wildman–Crippen MR) is 130 cm³/mol. The van der Waals surface area contributed by atoms with Gasteiger partial charge in [0.25, 0.3) is 0 Å². The largest absolute Gasteiger partial charge is 0.204 e. The van der Waals surface area contributed by atoms with E-state index in [4.69, 9.17) is 0 Å². The van der Waals surface area contributed by atoms with E-state index in [0.29, 0.717) is 11.1 Å². The molecule has 0 spiro atoms. The number of nitrogens with zero attached hydrogens (tertiary/aromatic N) is 1. The van der Waals surface area contributed by atoms with Gasteiger partial charge in [0.1, 0.15) is 5.69 Å². The van der Waals surface area contributed by atoms with Crippen molar-refractivity contribution < 1.29 is 8.78 Å². The van der Waals surface area contributed by atoms with Crippen LogP contribution >= 0.6 is 12.2 Å². The minimum atomic E-state index is -0.782. The van der Waals surface area contributed by atoms with Crippen LogP contribution in [0.15, 0.2) is 65.7 Å². The van der Waals surface area contributed by atoms with Crippen LogP contribution in [0.4, 0.5) is 14.5 Å². The highest BCUT2D eigenvalue weighted by Crippen LogP contribution is 2.29. The van der Waals surface area contributed by atoms with Crippen LogP contribution in [-0.2, 0) is 0 Å². The number of halogens is 2. The predicted octanol–water partition coefficient (Wildman–Crippen LogP) is 7.70. The highest BCUT2D eigenvalue weighted by atomic mass is 32.1. The summed E-state index contributed by atoms with van der Waals surface area (Å²) in [5, 5.41) is 1.98. The number of rotatable bonds is 5. The third kappa shape index (κ3) is 6.47. The zero-order valence-corrected chi connectivity index (χ0v) is 18.5. The minimum Gasteiger partial charge on any atom is -0.204 e. The smallest absolute Gasteiger partial charge is 0.153 e. The monoisotopic (exact) mass is 441 g/mol. The molecule has 4 heteroatoms. The Bertz CT molecular complexity index is 1220. The average Bonchev–Trinajstić information content (AvgIpc) is 2.81. The van der Waals surface area contributed by atoms with Crippen molar-refractivity contribution in [1.82, 2.24) is 0 Å². The second-order valence-electron chi connectivity index (χ2n) is 7.16. The topological polar surface area (TPSA) is 12.4 Å². The van der Waals surface area contributed by atoms with E-state index in [1.165, 1.54) is 25.0 Å². The quantitative estimate of drug-likeness (QED) is 0.171. The molecule has 1 nitrogen and oxygen atoms in total. The van der Waals surface area contributed by atoms with Gasteiger partial charge in [-0.2, -0.15) is 4.99 Å². The number of hydrogen-bond acceptors (Lipinski definition) is 2. The molecule has 3 aromatic carbocycles. The fraction of sp³-hybridized carbons (Fsp3) is 0.179. The lowest BCUT2D eigenvalue weighted by Gasteiger charge is -2.05. The van der Waals surface area contributed by atoms with Crippen LogP contribution in [0.1, 0.15) is 49.3 Å². The Morgan fingerprint density at radius 3 is 1.81 bits per heavy atom. The summed E-state index contributed by atoms with van der Waals surface area (Å²) in [6.45, 7) is 2.18. The van der Waals surface area contributed by atoms with Crippen molar-refractivity contribution in [3.8, 4) is 34.8 Å². The van der Waals surface area contributed by atoms with Crippen molar-refractivity contribution in [3.63, 3.8) is 0 Å². The van der Waals surface area contributed by atoms with E-state index in [9.17, 15) is 8.78 Å². The van der Waals surface area contributed by atoms with Gasteiger partial charge >= 0.3 is 0 Å². The summed E-state index contributed by atoms with van der Waals surface area (Å²) in [5.41, 5.74) is 3.33. The Labute approximate surface area is 193 Å². The molecule has 0 saturated carbocycles. The molecule has 0 saturated heterocycles. The normalized spacial score (nSPS) is 9.72. The number of aliphatic imine (C=N–C) groups is 1. The van der Waals surface area contributed by atoms with Crippen molar-refractivity contribution in [2.75, 3.05) is 0 Å². The molecule has 0 fully saturated rings. The van der Waals surface area contributed by atoms with Crippen molar-refractivity contribution in [1.29, 1.82) is 0 Å². The molecule has 3 rings (SSSR count). The van der Waals surface area contributed by atoms with E-state index >= 15 is 0 Å². The van der Waals surface area contributed by atoms with Gasteiger partial charge in [0.15, 0.2) is 11.6 Å². The van der Waals surface area contributed by atoms with E-state index in [-0.39, 0.29) is 0 Å². The maximum atomic E-state index is 14.1. The molecular formula is C28H21F2NS. The summed E-state index contributed by atoms with van der Waals surface area (Å²) < 4.78 is 28.1. The maximum Gasteiger partial charge on any atom is 0.153 e. The van der Waals surface area contributed by atoms with Crippen molar-refractivity contribution in [2.24, 2.45) is 4.99 Å². The minimum absolute atomic E-state index is 0.411. The second-order valence-corrected chi connectivity index (χ2v) is 7.34. The molecule has 158 valence electrons. The maximum absolute atomic E-state index is 14.1. The SMILES string of the molecule is CCCCCC#Cc1ccc(C#Cc2ccc(-c3cc(F)c(N=C=S)c(F)c3)cc2)cc1. The number of unbranched alkanes of at least 4 members (excludes halogenated alkanes) is 3. The Hall–Kier alpha value is -3.56. The van der Waals surface area contributed by atoms with Gasteiger partial charge in [-0.15, -0.1) is 0 Å². The first kappa shape index (κ1) is 23.1. The first-order chi connectivity index (χ1) is 15.6.